The van der Waals surface area contributed by atoms with Crippen LogP contribution >= 0.6 is 11.6 Å². The zero-order valence-corrected chi connectivity index (χ0v) is 15.3. The summed E-state index contributed by atoms with van der Waals surface area (Å²) in [5.41, 5.74) is 8.36. The fraction of sp³-hybridized carbons (Fsp3) is 0.444. The minimum atomic E-state index is 0.443. The fourth-order valence-electron chi connectivity index (χ4n) is 3.86. The van der Waals surface area contributed by atoms with E-state index < -0.39 is 0 Å². The van der Waals surface area contributed by atoms with E-state index in [1.807, 2.05) is 24.4 Å². The van der Waals surface area contributed by atoms with Crippen LogP contribution in [-0.4, -0.2) is 33.3 Å². The van der Waals surface area contributed by atoms with Gasteiger partial charge in [0.15, 0.2) is 5.82 Å². The number of hydrogen-bond acceptors (Lipinski definition) is 4. The molecule has 0 unspecified atom stereocenters. The van der Waals surface area contributed by atoms with Crippen molar-refractivity contribution in [3.05, 3.63) is 29.4 Å². The number of nitrogens with two attached hydrogens (primary N) is 1. The summed E-state index contributed by atoms with van der Waals surface area (Å²) in [5, 5.41) is 1.43. The van der Waals surface area contributed by atoms with E-state index in [4.69, 9.17) is 17.3 Å². The molecule has 2 aromatic rings. The van der Waals surface area contributed by atoms with Crippen LogP contribution in [0.15, 0.2) is 24.4 Å². The molecule has 4 rings (SSSR count). The molecule has 1 spiro atoms. The summed E-state index contributed by atoms with van der Waals surface area (Å²) in [6.45, 7) is 2.10. The monoisotopic (exact) mass is 355 g/mol. The Morgan fingerprint density at radius 2 is 1.92 bits per heavy atom. The molecule has 0 bridgehead atoms. The second kappa shape index (κ2) is 6.04. The third-order valence-corrected chi connectivity index (χ3v) is 6.63. The molecular weight excluding hydrogens is 336 g/mol. The molecule has 123 valence electrons. The molecule has 0 atom stereocenters. The molecule has 24 heavy (non-hydrogen) atoms. The van der Waals surface area contributed by atoms with Gasteiger partial charge in [-0.25, -0.2) is 9.97 Å². The van der Waals surface area contributed by atoms with Gasteiger partial charge < -0.3 is 10.6 Å². The lowest BCUT2D eigenvalue weighted by Crippen LogP contribution is -2.44. The lowest BCUT2D eigenvalue weighted by atomic mass is 9.63. The predicted molar refractivity (Wildman–Crippen MR) is 100 cm³/mol. The van der Waals surface area contributed by atoms with Crippen LogP contribution in [0.4, 0.5) is 11.6 Å². The number of piperidine rings is 1. The molecule has 1 aromatic heterocycles. The zero-order chi connectivity index (χ0) is 16.7. The maximum atomic E-state index is 6.20. The van der Waals surface area contributed by atoms with Crippen LogP contribution in [0.5, 0.6) is 0 Å². The standard InChI is InChI=1S/C18H20ClN4Si/c19-13-4-1-3-12(16(13)24)15-17(20)22-14(11-21-15)23-9-7-18(8-10-23)5-2-6-18/h1,3-4,11H,2,5-10H2,(H2,20,22). The predicted octanol–water partition coefficient (Wildman–Crippen LogP) is 2.94. The summed E-state index contributed by atoms with van der Waals surface area (Å²) in [4.78, 5) is 11.5. The van der Waals surface area contributed by atoms with Crippen LogP contribution in [0, 0.1) is 5.41 Å². The molecule has 2 N–H and O–H groups in total. The van der Waals surface area contributed by atoms with Crippen LogP contribution in [-0.2, 0) is 0 Å². The number of hydrogen-bond donors (Lipinski definition) is 1. The first-order valence-electron chi connectivity index (χ1n) is 8.46. The average molecular weight is 356 g/mol. The summed E-state index contributed by atoms with van der Waals surface area (Å²) >= 11 is 6.17. The molecule has 1 saturated heterocycles. The highest BCUT2D eigenvalue weighted by atomic mass is 35.5. The van der Waals surface area contributed by atoms with Crippen molar-refractivity contribution in [3.8, 4) is 11.3 Å². The SMILES string of the molecule is Nc1nc(N2CCC3(CCC3)CC2)cnc1-c1cccc(Cl)c1[Si]. The molecule has 1 aliphatic heterocycles. The number of aromatic nitrogens is 2. The summed E-state index contributed by atoms with van der Waals surface area (Å²) in [6, 6.07) is 5.66. The maximum absolute atomic E-state index is 6.20. The fourth-order valence-corrected chi connectivity index (χ4v) is 4.32. The third kappa shape index (κ3) is 2.69. The van der Waals surface area contributed by atoms with Crippen LogP contribution in [0.25, 0.3) is 11.3 Å². The Kier molecular flexibility index (Phi) is 4.01. The van der Waals surface area contributed by atoms with Crippen LogP contribution < -0.4 is 15.8 Å². The molecule has 6 heteroatoms. The van der Waals surface area contributed by atoms with Gasteiger partial charge in [-0.1, -0.05) is 30.2 Å². The van der Waals surface area contributed by atoms with Crippen LogP contribution in [0.2, 0.25) is 5.02 Å². The van der Waals surface area contributed by atoms with Gasteiger partial charge in [-0.3, -0.25) is 0 Å². The maximum Gasteiger partial charge on any atom is 0.152 e. The van der Waals surface area contributed by atoms with E-state index in [0.29, 0.717) is 21.9 Å². The van der Waals surface area contributed by atoms with Gasteiger partial charge in [-0.05, 0) is 42.4 Å². The highest BCUT2D eigenvalue weighted by Gasteiger charge is 2.39. The Morgan fingerprint density at radius 3 is 2.54 bits per heavy atom. The van der Waals surface area contributed by atoms with Gasteiger partial charge >= 0.3 is 0 Å². The van der Waals surface area contributed by atoms with Crippen LogP contribution in [0.1, 0.15) is 32.1 Å². The molecule has 3 radical (unpaired) electrons. The van der Waals surface area contributed by atoms with Crippen molar-refractivity contribution in [1.29, 1.82) is 0 Å². The number of nitrogen functional groups attached to an aromatic ring is 1. The summed E-state index contributed by atoms with van der Waals surface area (Å²) in [5.74, 6) is 1.32. The minimum absolute atomic E-state index is 0.443. The number of benzene rings is 1. The number of nitrogens with zero attached hydrogens (tertiary/aromatic N) is 3. The second-order valence-corrected chi connectivity index (χ2v) is 7.87. The van der Waals surface area contributed by atoms with Gasteiger partial charge in [0, 0.05) is 23.7 Å². The van der Waals surface area contributed by atoms with E-state index in [9.17, 15) is 0 Å². The largest absolute Gasteiger partial charge is 0.382 e. The van der Waals surface area contributed by atoms with E-state index in [2.05, 4.69) is 25.1 Å². The lowest BCUT2D eigenvalue weighted by molar-refractivity contribution is 0.0953. The van der Waals surface area contributed by atoms with E-state index in [1.54, 1.807) is 0 Å². The quantitative estimate of drug-likeness (QED) is 0.841. The first-order valence-corrected chi connectivity index (χ1v) is 9.34. The van der Waals surface area contributed by atoms with Crippen molar-refractivity contribution in [2.75, 3.05) is 23.7 Å². The highest BCUT2D eigenvalue weighted by Crippen LogP contribution is 2.49. The Bertz CT molecular complexity index is 766. The van der Waals surface area contributed by atoms with Crippen molar-refractivity contribution in [2.24, 2.45) is 5.41 Å². The molecular formula is C18H20ClN4Si. The van der Waals surface area contributed by atoms with Gasteiger partial charge in [-0.15, -0.1) is 0 Å². The topological polar surface area (TPSA) is 55.0 Å². The van der Waals surface area contributed by atoms with Crippen LogP contribution in [0.3, 0.4) is 0 Å². The van der Waals surface area contributed by atoms with Gasteiger partial charge in [0.25, 0.3) is 0 Å². The smallest absolute Gasteiger partial charge is 0.152 e. The van der Waals surface area contributed by atoms with Gasteiger partial charge in [0.1, 0.15) is 11.5 Å². The molecule has 1 aromatic carbocycles. The molecule has 1 saturated carbocycles. The highest BCUT2D eigenvalue weighted by molar-refractivity contribution is 6.47. The number of anilines is 2. The van der Waals surface area contributed by atoms with E-state index in [0.717, 1.165) is 29.7 Å². The Labute approximate surface area is 150 Å². The van der Waals surface area contributed by atoms with Crippen molar-refractivity contribution in [1.82, 2.24) is 9.97 Å². The summed E-state index contributed by atoms with van der Waals surface area (Å²) in [7, 11) is 3.56. The summed E-state index contributed by atoms with van der Waals surface area (Å²) < 4.78 is 0. The number of rotatable bonds is 2. The normalized spacial score (nSPS) is 19.3. The zero-order valence-electron chi connectivity index (χ0n) is 13.6. The van der Waals surface area contributed by atoms with Crippen molar-refractivity contribution >= 4 is 38.7 Å². The number of halogens is 1. The van der Waals surface area contributed by atoms with Gasteiger partial charge in [-0.2, -0.15) is 0 Å². The lowest BCUT2D eigenvalue weighted by Gasteiger charge is -2.48. The van der Waals surface area contributed by atoms with Gasteiger partial charge in [0.05, 0.1) is 16.4 Å². The van der Waals surface area contributed by atoms with Crippen molar-refractivity contribution < 1.29 is 0 Å². The van der Waals surface area contributed by atoms with Gasteiger partial charge in [0.2, 0.25) is 0 Å². The Morgan fingerprint density at radius 1 is 1.17 bits per heavy atom. The first-order chi connectivity index (χ1) is 11.6. The summed E-state index contributed by atoms with van der Waals surface area (Å²) in [6.07, 6.45) is 8.55. The van der Waals surface area contributed by atoms with E-state index >= 15 is 0 Å². The first kappa shape index (κ1) is 15.9. The van der Waals surface area contributed by atoms with E-state index in [1.165, 1.54) is 32.1 Å². The Hall–Kier alpha value is -1.59. The van der Waals surface area contributed by atoms with Crippen molar-refractivity contribution in [2.45, 2.75) is 32.1 Å². The molecule has 0 amide bonds. The molecule has 2 fully saturated rings. The third-order valence-electron chi connectivity index (χ3n) is 5.62. The molecule has 2 aliphatic rings. The molecule has 1 aliphatic carbocycles. The Balaban J connectivity index is 1.57. The molecule has 4 nitrogen and oxygen atoms in total. The minimum Gasteiger partial charge on any atom is -0.382 e. The average Bonchev–Trinajstić information content (AvgIpc) is 2.56. The molecule has 2 heterocycles. The van der Waals surface area contributed by atoms with E-state index in [-0.39, 0.29) is 0 Å². The second-order valence-electron chi connectivity index (χ2n) is 6.97. The van der Waals surface area contributed by atoms with Crippen molar-refractivity contribution in [3.63, 3.8) is 0 Å².